The number of rotatable bonds is 2. The summed E-state index contributed by atoms with van der Waals surface area (Å²) in [4.78, 5) is 31.2. The molecule has 0 bridgehead atoms. The molecule has 1 aliphatic heterocycles. The summed E-state index contributed by atoms with van der Waals surface area (Å²) in [5.74, 6) is 1.05. The van der Waals surface area contributed by atoms with E-state index in [4.69, 9.17) is 0 Å². The van der Waals surface area contributed by atoms with Crippen LogP contribution in [0.4, 0.5) is 5.69 Å². The third kappa shape index (κ3) is 3.26. The summed E-state index contributed by atoms with van der Waals surface area (Å²) < 4.78 is 1.88. The molecule has 3 rings (SSSR count). The molecule has 128 valence electrons. The molecule has 1 fully saturated rings. The van der Waals surface area contributed by atoms with Gasteiger partial charge in [-0.25, -0.2) is 4.98 Å². The second kappa shape index (κ2) is 6.12. The largest absolute Gasteiger partial charge is 0.323 e. The topological polar surface area (TPSA) is 66.7 Å². The summed E-state index contributed by atoms with van der Waals surface area (Å²) in [7, 11) is 0. The van der Waals surface area contributed by atoms with E-state index in [1.807, 2.05) is 56.6 Å². The van der Waals surface area contributed by atoms with Gasteiger partial charge in [-0.3, -0.25) is 9.59 Å². The van der Waals surface area contributed by atoms with E-state index in [2.05, 4.69) is 10.3 Å². The Labute approximate surface area is 145 Å². The molecule has 0 radical (unpaired) electrons. The highest BCUT2D eigenvalue weighted by atomic mass is 32.2. The second-order valence-corrected chi connectivity index (χ2v) is 8.10. The first-order valence-corrected chi connectivity index (χ1v) is 9.06. The number of carbonyl (C=O) groups excluding carboxylic acids is 2. The summed E-state index contributed by atoms with van der Waals surface area (Å²) >= 11 is 1.61. The van der Waals surface area contributed by atoms with Gasteiger partial charge in [0.05, 0.1) is 17.3 Å². The van der Waals surface area contributed by atoms with Gasteiger partial charge >= 0.3 is 0 Å². The van der Waals surface area contributed by atoms with Crippen LogP contribution in [-0.2, 0) is 9.59 Å². The summed E-state index contributed by atoms with van der Waals surface area (Å²) in [6, 6.07) is 3.27. The number of aryl methyl sites for hydroxylation is 1. The molecule has 2 aromatic rings. The molecule has 2 aromatic heterocycles. The number of nitrogens with one attached hydrogen (secondary N) is 1. The highest BCUT2D eigenvalue weighted by Gasteiger charge is 2.39. The van der Waals surface area contributed by atoms with Crippen LogP contribution in [-0.4, -0.2) is 43.8 Å². The van der Waals surface area contributed by atoms with Gasteiger partial charge in [-0.1, -0.05) is 20.8 Å². The third-order valence-electron chi connectivity index (χ3n) is 3.93. The minimum Gasteiger partial charge on any atom is -0.323 e. The van der Waals surface area contributed by atoms with Crippen LogP contribution in [0.1, 0.15) is 26.5 Å². The number of amides is 2. The Morgan fingerprint density at radius 1 is 1.29 bits per heavy atom. The zero-order valence-corrected chi connectivity index (χ0v) is 15.2. The number of hydrogen-bond donors (Lipinski definition) is 1. The number of thioether (sulfide) groups is 1. The fourth-order valence-corrected chi connectivity index (χ4v) is 3.86. The molecule has 2 amide bonds. The van der Waals surface area contributed by atoms with Crippen LogP contribution >= 0.6 is 11.8 Å². The van der Waals surface area contributed by atoms with Crippen LogP contribution < -0.4 is 5.32 Å². The quantitative estimate of drug-likeness (QED) is 0.907. The van der Waals surface area contributed by atoms with E-state index in [0.29, 0.717) is 17.3 Å². The smallest absolute Gasteiger partial charge is 0.248 e. The highest BCUT2D eigenvalue weighted by molar-refractivity contribution is 7.99. The van der Waals surface area contributed by atoms with E-state index < -0.39 is 11.5 Å². The Balaban J connectivity index is 1.76. The number of pyridine rings is 1. The number of imidazole rings is 1. The van der Waals surface area contributed by atoms with E-state index in [9.17, 15) is 9.59 Å². The van der Waals surface area contributed by atoms with Crippen molar-refractivity contribution in [2.24, 2.45) is 5.41 Å². The van der Waals surface area contributed by atoms with Gasteiger partial charge in [0, 0.05) is 23.6 Å². The number of carbonyl (C=O) groups is 2. The third-order valence-corrected chi connectivity index (χ3v) is 4.94. The van der Waals surface area contributed by atoms with Gasteiger partial charge in [-0.15, -0.1) is 11.8 Å². The average molecular weight is 346 g/mol. The lowest BCUT2D eigenvalue weighted by Crippen LogP contribution is -2.48. The molecule has 0 spiro atoms. The normalized spacial score (nSPS) is 18.2. The Kier molecular flexibility index (Phi) is 4.29. The Morgan fingerprint density at radius 3 is 2.75 bits per heavy atom. The highest BCUT2D eigenvalue weighted by Crippen LogP contribution is 2.28. The van der Waals surface area contributed by atoms with Gasteiger partial charge in [0.1, 0.15) is 11.7 Å². The van der Waals surface area contributed by atoms with Crippen molar-refractivity contribution in [1.82, 2.24) is 14.3 Å². The SMILES string of the molecule is Cc1cn2cc(NC(=O)C3CSCN3C(=O)C(C)(C)C)ccc2n1. The van der Waals surface area contributed by atoms with Crippen molar-refractivity contribution in [3.63, 3.8) is 0 Å². The monoisotopic (exact) mass is 346 g/mol. The minimum atomic E-state index is -0.489. The number of anilines is 1. The van der Waals surface area contributed by atoms with E-state index in [1.165, 1.54) is 0 Å². The molecule has 1 saturated heterocycles. The molecule has 6 nitrogen and oxygen atoms in total. The van der Waals surface area contributed by atoms with Crippen LogP contribution in [0.2, 0.25) is 0 Å². The lowest BCUT2D eigenvalue weighted by Gasteiger charge is -2.29. The van der Waals surface area contributed by atoms with Crippen molar-refractivity contribution in [1.29, 1.82) is 0 Å². The summed E-state index contributed by atoms with van der Waals surface area (Å²) in [5.41, 5.74) is 1.97. The molecule has 0 saturated carbocycles. The number of nitrogens with zero attached hydrogens (tertiary/aromatic N) is 3. The molecule has 0 aromatic carbocycles. The van der Waals surface area contributed by atoms with Gasteiger partial charge in [0.2, 0.25) is 11.8 Å². The van der Waals surface area contributed by atoms with Crippen LogP contribution in [0.5, 0.6) is 0 Å². The molecular formula is C17H22N4O2S. The number of aromatic nitrogens is 2. The minimum absolute atomic E-state index is 0.00772. The molecule has 7 heteroatoms. The first kappa shape index (κ1) is 16.8. The molecule has 1 atom stereocenters. The molecular weight excluding hydrogens is 324 g/mol. The maximum atomic E-state index is 12.7. The van der Waals surface area contributed by atoms with Crippen molar-refractivity contribution in [2.45, 2.75) is 33.7 Å². The maximum absolute atomic E-state index is 12.7. The summed E-state index contributed by atoms with van der Waals surface area (Å²) in [6.45, 7) is 7.56. The first-order chi connectivity index (χ1) is 11.3. The molecule has 3 heterocycles. The number of fused-ring (bicyclic) bond motifs is 1. The predicted molar refractivity (Wildman–Crippen MR) is 96.0 cm³/mol. The molecule has 1 unspecified atom stereocenters. The lowest BCUT2D eigenvalue weighted by atomic mass is 9.94. The van der Waals surface area contributed by atoms with Gasteiger partial charge < -0.3 is 14.6 Å². The van der Waals surface area contributed by atoms with Crippen molar-refractivity contribution in [3.05, 3.63) is 30.2 Å². The van der Waals surface area contributed by atoms with Crippen LogP contribution in [0.3, 0.4) is 0 Å². The molecule has 1 N–H and O–H groups in total. The zero-order valence-electron chi connectivity index (χ0n) is 14.4. The van der Waals surface area contributed by atoms with E-state index >= 15 is 0 Å². The Hall–Kier alpha value is -2.02. The van der Waals surface area contributed by atoms with Gasteiger partial charge in [-0.2, -0.15) is 0 Å². The van der Waals surface area contributed by atoms with Crippen molar-refractivity contribution < 1.29 is 9.59 Å². The van der Waals surface area contributed by atoms with Crippen molar-refractivity contribution >= 4 is 34.9 Å². The van der Waals surface area contributed by atoms with E-state index in [1.54, 1.807) is 16.7 Å². The van der Waals surface area contributed by atoms with Gasteiger partial charge in [0.15, 0.2) is 0 Å². The summed E-state index contributed by atoms with van der Waals surface area (Å²) in [5, 5.41) is 2.93. The summed E-state index contributed by atoms with van der Waals surface area (Å²) in [6.07, 6.45) is 3.75. The second-order valence-electron chi connectivity index (χ2n) is 7.10. The van der Waals surface area contributed by atoms with Crippen molar-refractivity contribution in [3.8, 4) is 0 Å². The van der Waals surface area contributed by atoms with E-state index in [0.717, 1.165) is 11.3 Å². The fourth-order valence-electron chi connectivity index (χ4n) is 2.71. The standard InChI is InChI=1S/C17H22N4O2S/c1-11-7-20-8-12(5-6-14(20)18-11)19-15(22)13-9-24-10-21(13)16(23)17(2,3)4/h5-8,13H,9-10H2,1-4H3,(H,19,22). The Bertz CT molecular complexity index is 793. The van der Waals surface area contributed by atoms with Crippen molar-refractivity contribution in [2.75, 3.05) is 16.9 Å². The molecule has 24 heavy (non-hydrogen) atoms. The average Bonchev–Trinajstić information content (AvgIpc) is 3.10. The van der Waals surface area contributed by atoms with Gasteiger partial charge in [-0.05, 0) is 19.1 Å². The molecule has 1 aliphatic rings. The maximum Gasteiger partial charge on any atom is 0.248 e. The van der Waals surface area contributed by atoms with Gasteiger partial charge in [0.25, 0.3) is 0 Å². The zero-order chi connectivity index (χ0) is 17.5. The first-order valence-electron chi connectivity index (χ1n) is 7.91. The molecule has 0 aliphatic carbocycles. The Morgan fingerprint density at radius 2 is 2.04 bits per heavy atom. The number of hydrogen-bond acceptors (Lipinski definition) is 4. The van der Waals surface area contributed by atoms with Crippen LogP contribution in [0.25, 0.3) is 5.65 Å². The lowest BCUT2D eigenvalue weighted by molar-refractivity contribution is -0.143. The van der Waals surface area contributed by atoms with E-state index in [-0.39, 0.29) is 11.8 Å². The predicted octanol–water partition coefficient (Wildman–Crippen LogP) is 2.53. The fraction of sp³-hybridized carbons (Fsp3) is 0.471. The van der Waals surface area contributed by atoms with Crippen LogP contribution in [0, 0.1) is 12.3 Å². The van der Waals surface area contributed by atoms with Crippen LogP contribution in [0.15, 0.2) is 24.5 Å².